The number of hydrogen-bond donors (Lipinski definition) is 2. The summed E-state index contributed by atoms with van der Waals surface area (Å²) in [6.45, 7) is 6.04. The maximum absolute atomic E-state index is 5.22. The van der Waals surface area contributed by atoms with Crippen LogP contribution < -0.4 is 11.1 Å². The molecule has 2 nitrogen and oxygen atoms in total. The van der Waals surface area contributed by atoms with Crippen molar-refractivity contribution in [1.82, 2.24) is 5.32 Å². The Balaban J connectivity index is 2.86. The van der Waals surface area contributed by atoms with E-state index in [1.165, 1.54) is 6.42 Å². The van der Waals surface area contributed by atoms with Crippen molar-refractivity contribution in [3.05, 3.63) is 0 Å². The van der Waals surface area contributed by atoms with Gasteiger partial charge in [0.2, 0.25) is 0 Å². The van der Waals surface area contributed by atoms with Gasteiger partial charge in [-0.3, -0.25) is 0 Å². The maximum Gasteiger partial charge on any atom is 0.0428 e. The highest BCUT2D eigenvalue weighted by Gasteiger charge is 1.93. The fraction of sp³-hybridized carbons (Fsp3) is 1.00. The largest absolute Gasteiger partial charge is 0.318 e. The average molecular weight is 116 g/mol. The lowest BCUT2D eigenvalue weighted by Crippen LogP contribution is -2.26. The zero-order valence-corrected chi connectivity index (χ0v) is 5.78. The van der Waals surface area contributed by atoms with E-state index < -0.39 is 0 Å². The second kappa shape index (κ2) is 5.06. The first-order valence-corrected chi connectivity index (χ1v) is 3.22. The Kier molecular flexibility index (Phi) is 5.01. The maximum atomic E-state index is 5.22. The van der Waals surface area contributed by atoms with E-state index in [9.17, 15) is 0 Å². The Bertz CT molecular complexity index is 45.8. The lowest BCUT2D eigenvalue weighted by molar-refractivity contribution is 0.506. The minimum atomic E-state index is 0.602. The third-order valence-corrected chi connectivity index (χ3v) is 1.33. The van der Waals surface area contributed by atoms with Crippen LogP contribution in [0.25, 0.3) is 0 Å². The molecule has 0 aliphatic rings. The molecule has 0 aromatic rings. The van der Waals surface area contributed by atoms with Crippen LogP contribution in [0.2, 0.25) is 0 Å². The van der Waals surface area contributed by atoms with Gasteiger partial charge in [0.1, 0.15) is 0 Å². The first kappa shape index (κ1) is 7.92. The molecular formula is C6H16N2. The molecule has 0 radical (unpaired) electrons. The highest BCUT2D eigenvalue weighted by molar-refractivity contribution is 4.51. The number of nitrogens with two attached hydrogens (primary N) is 1. The normalized spacial score (nSPS) is 13.9. The van der Waals surface area contributed by atoms with Gasteiger partial charge in [0.25, 0.3) is 0 Å². The van der Waals surface area contributed by atoms with E-state index in [0.29, 0.717) is 6.67 Å². The van der Waals surface area contributed by atoms with Gasteiger partial charge in [0, 0.05) is 6.67 Å². The molecular weight excluding hydrogens is 100 g/mol. The van der Waals surface area contributed by atoms with E-state index >= 15 is 0 Å². The van der Waals surface area contributed by atoms with Gasteiger partial charge in [-0.1, -0.05) is 20.3 Å². The van der Waals surface area contributed by atoms with Crippen LogP contribution in [0.3, 0.4) is 0 Å². The molecule has 0 saturated heterocycles. The Morgan fingerprint density at radius 1 is 1.62 bits per heavy atom. The van der Waals surface area contributed by atoms with Gasteiger partial charge in [0.15, 0.2) is 0 Å². The molecule has 0 aliphatic heterocycles. The van der Waals surface area contributed by atoms with Crippen LogP contribution in [0, 0.1) is 5.92 Å². The lowest BCUT2D eigenvalue weighted by Gasteiger charge is -2.06. The SMILES string of the molecule is CCC(C)CNCN. The zero-order chi connectivity index (χ0) is 6.41. The van der Waals surface area contributed by atoms with E-state index in [4.69, 9.17) is 5.73 Å². The summed E-state index contributed by atoms with van der Waals surface area (Å²) in [6.07, 6.45) is 1.23. The summed E-state index contributed by atoms with van der Waals surface area (Å²) in [5.41, 5.74) is 5.22. The number of rotatable bonds is 4. The van der Waals surface area contributed by atoms with Gasteiger partial charge in [-0.25, -0.2) is 0 Å². The molecule has 8 heavy (non-hydrogen) atoms. The van der Waals surface area contributed by atoms with Gasteiger partial charge in [-0.05, 0) is 12.5 Å². The molecule has 1 unspecified atom stereocenters. The van der Waals surface area contributed by atoms with Crippen LogP contribution in [-0.4, -0.2) is 13.2 Å². The highest BCUT2D eigenvalue weighted by atomic mass is 14.9. The summed E-state index contributed by atoms with van der Waals surface area (Å²) < 4.78 is 0. The van der Waals surface area contributed by atoms with Crippen molar-refractivity contribution in [3.63, 3.8) is 0 Å². The zero-order valence-electron chi connectivity index (χ0n) is 5.78. The standard InChI is InChI=1S/C6H16N2/c1-3-6(2)4-8-5-7/h6,8H,3-5,7H2,1-2H3. The molecule has 1 atom stereocenters. The van der Waals surface area contributed by atoms with Crippen LogP contribution >= 0.6 is 0 Å². The van der Waals surface area contributed by atoms with Gasteiger partial charge >= 0.3 is 0 Å². The van der Waals surface area contributed by atoms with Crippen molar-refractivity contribution in [3.8, 4) is 0 Å². The highest BCUT2D eigenvalue weighted by Crippen LogP contribution is 1.95. The fourth-order valence-corrected chi connectivity index (χ4v) is 0.474. The van der Waals surface area contributed by atoms with Crippen molar-refractivity contribution >= 4 is 0 Å². The predicted octanol–water partition coefficient (Wildman–Crippen LogP) is 0.538. The first-order chi connectivity index (χ1) is 3.81. The van der Waals surface area contributed by atoms with Crippen LogP contribution in [0.15, 0.2) is 0 Å². The molecule has 0 aromatic carbocycles. The van der Waals surface area contributed by atoms with Crippen molar-refractivity contribution in [2.45, 2.75) is 20.3 Å². The van der Waals surface area contributed by atoms with Crippen LogP contribution in [0.1, 0.15) is 20.3 Å². The summed E-state index contributed by atoms with van der Waals surface area (Å²) in [5, 5.41) is 3.08. The first-order valence-electron chi connectivity index (χ1n) is 3.22. The molecule has 50 valence electrons. The van der Waals surface area contributed by atoms with Gasteiger partial charge in [-0.15, -0.1) is 0 Å². The quantitative estimate of drug-likeness (QED) is 0.526. The molecule has 0 rings (SSSR count). The molecule has 0 amide bonds. The average Bonchev–Trinajstić information content (AvgIpc) is 1.83. The Morgan fingerprint density at radius 3 is 2.62 bits per heavy atom. The third-order valence-electron chi connectivity index (χ3n) is 1.33. The second-order valence-electron chi connectivity index (χ2n) is 2.17. The van der Waals surface area contributed by atoms with E-state index in [-0.39, 0.29) is 0 Å². The monoisotopic (exact) mass is 116 g/mol. The topological polar surface area (TPSA) is 38.0 Å². The Morgan fingerprint density at radius 2 is 2.25 bits per heavy atom. The van der Waals surface area contributed by atoms with Crippen molar-refractivity contribution in [2.24, 2.45) is 11.7 Å². The molecule has 3 N–H and O–H groups in total. The predicted molar refractivity (Wildman–Crippen MR) is 36.5 cm³/mol. The van der Waals surface area contributed by atoms with E-state index in [0.717, 1.165) is 12.5 Å². The van der Waals surface area contributed by atoms with Gasteiger partial charge < -0.3 is 11.1 Å². The molecule has 2 heteroatoms. The minimum Gasteiger partial charge on any atom is -0.318 e. The van der Waals surface area contributed by atoms with E-state index in [1.54, 1.807) is 0 Å². The smallest absolute Gasteiger partial charge is 0.0428 e. The molecule has 0 heterocycles. The van der Waals surface area contributed by atoms with Crippen LogP contribution in [0.4, 0.5) is 0 Å². The fourth-order valence-electron chi connectivity index (χ4n) is 0.474. The summed E-state index contributed by atoms with van der Waals surface area (Å²) in [7, 11) is 0. The molecule has 0 saturated carbocycles. The number of hydrogen-bond acceptors (Lipinski definition) is 2. The molecule has 0 bridgehead atoms. The molecule has 0 fully saturated rings. The van der Waals surface area contributed by atoms with Crippen LogP contribution in [0.5, 0.6) is 0 Å². The minimum absolute atomic E-state index is 0.602. The number of nitrogens with one attached hydrogen (secondary N) is 1. The Hall–Kier alpha value is -0.0800. The molecule has 0 spiro atoms. The Labute approximate surface area is 51.5 Å². The third kappa shape index (κ3) is 4.09. The molecule has 0 aliphatic carbocycles. The van der Waals surface area contributed by atoms with E-state index in [1.807, 2.05) is 0 Å². The summed E-state index contributed by atoms with van der Waals surface area (Å²) in [4.78, 5) is 0. The van der Waals surface area contributed by atoms with Crippen molar-refractivity contribution in [2.75, 3.05) is 13.2 Å². The summed E-state index contributed by atoms with van der Waals surface area (Å²) in [5.74, 6) is 0.763. The van der Waals surface area contributed by atoms with Crippen molar-refractivity contribution in [1.29, 1.82) is 0 Å². The van der Waals surface area contributed by atoms with Crippen LogP contribution in [-0.2, 0) is 0 Å². The van der Waals surface area contributed by atoms with Crippen molar-refractivity contribution < 1.29 is 0 Å². The van der Waals surface area contributed by atoms with Gasteiger partial charge in [0.05, 0.1) is 0 Å². The summed E-state index contributed by atoms with van der Waals surface area (Å²) >= 11 is 0. The van der Waals surface area contributed by atoms with E-state index in [2.05, 4.69) is 19.2 Å². The van der Waals surface area contributed by atoms with Gasteiger partial charge in [-0.2, -0.15) is 0 Å². The lowest BCUT2D eigenvalue weighted by atomic mass is 10.1. The molecule has 0 aromatic heterocycles. The summed E-state index contributed by atoms with van der Waals surface area (Å²) in [6, 6.07) is 0. The second-order valence-corrected chi connectivity index (χ2v) is 2.17.